The lowest BCUT2D eigenvalue weighted by Gasteiger charge is -2.45. The molecule has 3 N–H and O–H groups in total. The number of nitrogens with two attached hydrogens (primary N) is 1. The van der Waals surface area contributed by atoms with Crippen LogP contribution in [0, 0.1) is 0 Å². The molecule has 1 aliphatic rings. The average molecular weight is 257 g/mol. The molecule has 1 rings (SSSR count). The average Bonchev–Trinajstić information content (AvgIpc) is 2.11. The molecule has 0 heterocycles. The smallest absolute Gasteiger partial charge is 0.193 e. The maximum absolute atomic E-state index is 10.2. The molecule has 100 valence electrons. The fraction of sp³-hybridized carbons (Fsp3) is 0.846. The topological polar surface area (TPSA) is 55.5 Å². The van der Waals surface area contributed by atoms with Crippen molar-refractivity contribution < 1.29 is 9.53 Å². The Balaban J connectivity index is 2.98. The molecule has 0 aromatic rings. The van der Waals surface area contributed by atoms with Gasteiger partial charge in [-0.25, -0.2) is 0 Å². The molecule has 0 fully saturated rings. The molecule has 0 aliphatic heterocycles. The van der Waals surface area contributed by atoms with Gasteiger partial charge in [0.15, 0.2) is 8.32 Å². The van der Waals surface area contributed by atoms with E-state index < -0.39 is 13.9 Å². The zero-order chi connectivity index (χ0) is 13.5. The standard InChI is InChI=1S/C13H27NO2Si/c1-12(2,3)17(5,6)16-13(4)9-7-8-10(14)11(13)15/h15H,7-9,14H2,1-6H3. The van der Waals surface area contributed by atoms with Gasteiger partial charge in [0.1, 0.15) is 11.4 Å². The zero-order valence-electron chi connectivity index (χ0n) is 12.1. The third kappa shape index (κ3) is 2.85. The third-order valence-corrected chi connectivity index (χ3v) is 8.76. The Labute approximate surface area is 106 Å². The van der Waals surface area contributed by atoms with Crippen LogP contribution in [-0.2, 0) is 4.43 Å². The van der Waals surface area contributed by atoms with E-state index >= 15 is 0 Å². The zero-order valence-corrected chi connectivity index (χ0v) is 13.1. The van der Waals surface area contributed by atoms with Gasteiger partial charge >= 0.3 is 0 Å². The molecule has 17 heavy (non-hydrogen) atoms. The van der Waals surface area contributed by atoms with Crippen LogP contribution in [-0.4, -0.2) is 19.0 Å². The first-order valence-corrected chi connectivity index (χ1v) is 9.29. The Morgan fingerprint density at radius 2 is 1.88 bits per heavy atom. The lowest BCUT2D eigenvalue weighted by atomic mass is 9.89. The largest absolute Gasteiger partial charge is 0.507 e. The minimum atomic E-state index is -1.89. The van der Waals surface area contributed by atoms with E-state index in [0.717, 1.165) is 19.3 Å². The van der Waals surface area contributed by atoms with E-state index in [9.17, 15) is 5.11 Å². The minimum Gasteiger partial charge on any atom is -0.507 e. The minimum absolute atomic E-state index is 0.141. The van der Waals surface area contributed by atoms with E-state index in [0.29, 0.717) is 5.70 Å². The van der Waals surface area contributed by atoms with Crippen molar-refractivity contribution in [3.05, 3.63) is 11.5 Å². The summed E-state index contributed by atoms with van der Waals surface area (Å²) in [6, 6.07) is 0. The number of rotatable bonds is 2. The summed E-state index contributed by atoms with van der Waals surface area (Å²) < 4.78 is 6.36. The first kappa shape index (κ1) is 14.6. The van der Waals surface area contributed by atoms with Crippen LogP contribution in [0.3, 0.4) is 0 Å². The SMILES string of the molecule is CC1(O[Si](C)(C)C(C)(C)C)CCCC(N)=C1O. The van der Waals surface area contributed by atoms with Crippen LogP contribution in [0.1, 0.15) is 47.0 Å². The van der Waals surface area contributed by atoms with Crippen molar-refractivity contribution in [2.45, 2.75) is 70.7 Å². The Kier molecular flexibility index (Phi) is 3.70. The third-order valence-electron chi connectivity index (χ3n) is 4.19. The van der Waals surface area contributed by atoms with E-state index in [1.807, 2.05) is 6.92 Å². The van der Waals surface area contributed by atoms with Gasteiger partial charge in [0.05, 0.1) is 0 Å². The fourth-order valence-electron chi connectivity index (χ4n) is 2.01. The Morgan fingerprint density at radius 3 is 2.35 bits per heavy atom. The molecule has 1 atom stereocenters. The molecular weight excluding hydrogens is 230 g/mol. The predicted molar refractivity (Wildman–Crippen MR) is 74.4 cm³/mol. The number of hydrogen-bond donors (Lipinski definition) is 2. The summed E-state index contributed by atoms with van der Waals surface area (Å²) >= 11 is 0. The first-order valence-electron chi connectivity index (χ1n) is 6.38. The quantitative estimate of drug-likeness (QED) is 0.742. The van der Waals surface area contributed by atoms with Crippen molar-refractivity contribution in [2.24, 2.45) is 5.73 Å². The van der Waals surface area contributed by atoms with Crippen LogP contribution in [0.5, 0.6) is 0 Å². The number of aliphatic hydroxyl groups is 1. The van der Waals surface area contributed by atoms with Gasteiger partial charge in [-0.3, -0.25) is 0 Å². The molecule has 0 bridgehead atoms. The van der Waals surface area contributed by atoms with Crippen molar-refractivity contribution in [3.63, 3.8) is 0 Å². The summed E-state index contributed by atoms with van der Waals surface area (Å²) in [5.74, 6) is 0.258. The molecule has 0 aromatic carbocycles. The van der Waals surface area contributed by atoms with Gasteiger partial charge in [-0.05, 0) is 44.3 Å². The van der Waals surface area contributed by atoms with E-state index in [1.165, 1.54) is 0 Å². The maximum Gasteiger partial charge on any atom is 0.193 e. The predicted octanol–water partition coefficient (Wildman–Crippen LogP) is 3.68. The van der Waals surface area contributed by atoms with Crippen LogP contribution in [0.15, 0.2) is 11.5 Å². The highest BCUT2D eigenvalue weighted by Gasteiger charge is 2.45. The molecule has 0 saturated heterocycles. The molecule has 1 aliphatic carbocycles. The van der Waals surface area contributed by atoms with E-state index in [4.69, 9.17) is 10.2 Å². The Hall–Kier alpha value is -0.483. The Bertz CT molecular complexity index is 331. The Morgan fingerprint density at radius 1 is 1.35 bits per heavy atom. The van der Waals surface area contributed by atoms with Gasteiger partial charge < -0.3 is 15.3 Å². The molecular formula is C13H27NO2Si. The van der Waals surface area contributed by atoms with E-state index in [2.05, 4.69) is 33.9 Å². The summed E-state index contributed by atoms with van der Waals surface area (Å²) in [4.78, 5) is 0. The van der Waals surface area contributed by atoms with Crippen LogP contribution in [0.25, 0.3) is 0 Å². The summed E-state index contributed by atoms with van der Waals surface area (Å²) in [5.41, 5.74) is 5.86. The molecule has 3 nitrogen and oxygen atoms in total. The molecule has 0 aromatic heterocycles. The van der Waals surface area contributed by atoms with Crippen LogP contribution in [0.2, 0.25) is 18.1 Å². The first-order chi connectivity index (χ1) is 7.50. The van der Waals surface area contributed by atoms with Crippen molar-refractivity contribution in [2.75, 3.05) is 0 Å². The molecule has 4 heteroatoms. The maximum atomic E-state index is 10.2. The van der Waals surface area contributed by atoms with Gasteiger partial charge in [0.2, 0.25) is 0 Å². The lowest BCUT2D eigenvalue weighted by Crippen LogP contribution is -2.50. The monoisotopic (exact) mass is 257 g/mol. The normalized spacial score (nSPS) is 27.4. The molecule has 0 spiro atoms. The van der Waals surface area contributed by atoms with Crippen molar-refractivity contribution >= 4 is 8.32 Å². The van der Waals surface area contributed by atoms with Gasteiger partial charge in [-0.15, -0.1) is 0 Å². The van der Waals surface area contributed by atoms with Gasteiger partial charge in [0.25, 0.3) is 0 Å². The van der Waals surface area contributed by atoms with Crippen LogP contribution < -0.4 is 5.73 Å². The molecule has 1 unspecified atom stereocenters. The molecule has 0 radical (unpaired) electrons. The number of allylic oxidation sites excluding steroid dienone is 1. The highest BCUT2D eigenvalue weighted by molar-refractivity contribution is 6.74. The highest BCUT2D eigenvalue weighted by Crippen LogP contribution is 2.43. The second-order valence-corrected chi connectivity index (χ2v) is 11.5. The van der Waals surface area contributed by atoms with Gasteiger partial charge in [-0.1, -0.05) is 20.8 Å². The van der Waals surface area contributed by atoms with Crippen molar-refractivity contribution in [1.82, 2.24) is 0 Å². The number of aliphatic hydroxyl groups excluding tert-OH is 1. The van der Waals surface area contributed by atoms with Crippen molar-refractivity contribution in [1.29, 1.82) is 0 Å². The van der Waals surface area contributed by atoms with Crippen LogP contribution >= 0.6 is 0 Å². The van der Waals surface area contributed by atoms with Gasteiger partial charge in [0, 0.05) is 5.70 Å². The molecule has 0 saturated carbocycles. The summed E-state index contributed by atoms with van der Waals surface area (Å²) in [6.45, 7) is 13.0. The summed E-state index contributed by atoms with van der Waals surface area (Å²) in [7, 11) is -1.89. The molecule has 0 amide bonds. The van der Waals surface area contributed by atoms with E-state index in [-0.39, 0.29) is 10.8 Å². The van der Waals surface area contributed by atoms with E-state index in [1.54, 1.807) is 0 Å². The summed E-state index contributed by atoms with van der Waals surface area (Å²) in [5, 5.41) is 10.3. The van der Waals surface area contributed by atoms with Crippen LogP contribution in [0.4, 0.5) is 0 Å². The van der Waals surface area contributed by atoms with Crippen molar-refractivity contribution in [3.8, 4) is 0 Å². The number of hydrogen-bond acceptors (Lipinski definition) is 3. The second-order valence-electron chi connectivity index (χ2n) is 6.82. The van der Waals surface area contributed by atoms with Gasteiger partial charge in [-0.2, -0.15) is 0 Å². The fourth-order valence-corrected chi connectivity index (χ4v) is 3.64. The summed E-state index contributed by atoms with van der Waals surface area (Å²) in [6.07, 6.45) is 2.62. The lowest BCUT2D eigenvalue weighted by molar-refractivity contribution is 0.0442. The second kappa shape index (κ2) is 4.32. The highest BCUT2D eigenvalue weighted by atomic mass is 28.4.